The van der Waals surface area contributed by atoms with Gasteiger partial charge in [-0.05, 0) is 18.9 Å². The number of unbranched alkanes of at least 4 members (excludes halogenated alkanes) is 1. The number of hydrogen-bond donors (Lipinski definition) is 1. The number of carbonyl (C=O) groups excluding carboxylic acids is 1. The molecule has 3 heterocycles. The number of aliphatic hydroxyl groups excluding tert-OH is 1. The Morgan fingerprint density at radius 1 is 1.31 bits per heavy atom. The lowest BCUT2D eigenvalue weighted by molar-refractivity contribution is 0.0769. The van der Waals surface area contributed by atoms with Crippen molar-refractivity contribution in [1.29, 1.82) is 0 Å². The topological polar surface area (TPSA) is 123 Å². The minimum Gasteiger partial charge on any atom is -0.473 e. The third-order valence-corrected chi connectivity index (χ3v) is 6.45. The van der Waals surface area contributed by atoms with E-state index in [0.717, 1.165) is 30.5 Å². The van der Waals surface area contributed by atoms with Gasteiger partial charge in [-0.1, -0.05) is 18.5 Å². The van der Waals surface area contributed by atoms with Gasteiger partial charge in [0.25, 0.3) is 5.91 Å². The fraction of sp³-hybridized carbons (Fsp3) is 0.526. The highest BCUT2D eigenvalue weighted by molar-refractivity contribution is 7.91. The van der Waals surface area contributed by atoms with Crippen LogP contribution in [0.25, 0.3) is 0 Å². The Hall–Kier alpha value is -2.46. The number of nitrogens with zero attached hydrogens (tertiary/aromatic N) is 3. The van der Waals surface area contributed by atoms with E-state index in [-0.39, 0.29) is 43.7 Å². The third kappa shape index (κ3) is 5.33. The van der Waals surface area contributed by atoms with E-state index in [1.165, 1.54) is 11.1 Å². The van der Waals surface area contributed by atoms with Crippen molar-refractivity contribution < 1.29 is 27.6 Å². The van der Waals surface area contributed by atoms with E-state index >= 15 is 0 Å². The molecule has 3 rings (SSSR count). The quantitative estimate of drug-likeness (QED) is 0.675. The molecule has 0 saturated carbocycles. The largest absolute Gasteiger partial charge is 0.473 e. The number of sulfone groups is 1. The number of carbonyl (C=O) groups is 1. The second-order valence-corrected chi connectivity index (χ2v) is 9.21. The second-order valence-electron chi connectivity index (χ2n) is 6.91. The van der Waals surface area contributed by atoms with E-state index in [9.17, 15) is 18.3 Å². The molecule has 1 aliphatic rings. The molecule has 0 aromatic carbocycles. The first-order valence-corrected chi connectivity index (χ1v) is 11.4. The Morgan fingerprint density at radius 2 is 2.07 bits per heavy atom. The van der Waals surface area contributed by atoms with E-state index in [1.54, 1.807) is 12.1 Å². The summed E-state index contributed by atoms with van der Waals surface area (Å²) in [6.45, 7) is 2.36. The van der Waals surface area contributed by atoms with E-state index in [0.29, 0.717) is 17.2 Å². The molecule has 0 aliphatic carbocycles. The third-order valence-electron chi connectivity index (χ3n) is 4.84. The average molecular weight is 423 g/mol. The summed E-state index contributed by atoms with van der Waals surface area (Å²) in [5.41, 5.74) is 1.86. The minimum atomic E-state index is -3.04. The van der Waals surface area contributed by atoms with E-state index in [2.05, 4.69) is 17.1 Å². The lowest BCUT2D eigenvalue weighted by Gasteiger charge is -2.26. The van der Waals surface area contributed by atoms with Crippen molar-refractivity contribution >= 4 is 15.7 Å². The van der Waals surface area contributed by atoms with Gasteiger partial charge < -0.3 is 19.3 Å². The van der Waals surface area contributed by atoms with Crippen molar-refractivity contribution in [2.75, 3.05) is 24.6 Å². The van der Waals surface area contributed by atoms with Gasteiger partial charge in [-0.15, -0.1) is 0 Å². The van der Waals surface area contributed by atoms with E-state index in [1.807, 2.05) is 0 Å². The smallest absolute Gasteiger partial charge is 0.255 e. The van der Waals surface area contributed by atoms with Crippen molar-refractivity contribution in [1.82, 2.24) is 15.0 Å². The number of aromatic nitrogens is 2. The highest BCUT2D eigenvalue weighted by atomic mass is 32.2. The highest BCUT2D eigenvalue weighted by Gasteiger charge is 2.26. The van der Waals surface area contributed by atoms with Crippen molar-refractivity contribution in [2.24, 2.45) is 0 Å². The molecule has 158 valence electrons. The van der Waals surface area contributed by atoms with Crippen LogP contribution in [0.4, 0.5) is 0 Å². The van der Waals surface area contributed by atoms with Crippen LogP contribution in [0.1, 0.15) is 47.1 Å². The monoisotopic (exact) mass is 423 g/mol. The van der Waals surface area contributed by atoms with Crippen molar-refractivity contribution in [3.05, 3.63) is 40.9 Å². The predicted octanol–water partition coefficient (Wildman–Crippen LogP) is 1.35. The molecule has 0 atom stereocenters. The molecule has 0 bridgehead atoms. The first kappa shape index (κ1) is 21.3. The number of amides is 1. The van der Waals surface area contributed by atoms with Gasteiger partial charge in [0.1, 0.15) is 13.2 Å². The number of aryl methyl sites for hydroxylation is 1. The Labute approximate surface area is 169 Å². The van der Waals surface area contributed by atoms with Crippen LogP contribution in [0.15, 0.2) is 22.9 Å². The van der Waals surface area contributed by atoms with Gasteiger partial charge in [0.05, 0.1) is 28.3 Å². The van der Waals surface area contributed by atoms with Crippen LogP contribution in [-0.2, 0) is 29.5 Å². The van der Waals surface area contributed by atoms with Crippen LogP contribution in [0.2, 0.25) is 0 Å². The first-order chi connectivity index (χ1) is 13.9. The molecule has 1 aliphatic heterocycles. The summed E-state index contributed by atoms with van der Waals surface area (Å²) in [7, 11) is -3.04. The molecule has 29 heavy (non-hydrogen) atoms. The van der Waals surface area contributed by atoms with Crippen LogP contribution >= 0.6 is 0 Å². The summed E-state index contributed by atoms with van der Waals surface area (Å²) in [5, 5.41) is 13.4. The Balaban J connectivity index is 1.61. The van der Waals surface area contributed by atoms with Crippen LogP contribution < -0.4 is 4.74 Å². The fourth-order valence-corrected chi connectivity index (χ4v) is 4.25. The zero-order valence-electron chi connectivity index (χ0n) is 16.3. The summed E-state index contributed by atoms with van der Waals surface area (Å²) >= 11 is 0. The minimum absolute atomic E-state index is 0.0142. The van der Waals surface area contributed by atoms with Crippen molar-refractivity contribution in [3.8, 4) is 5.88 Å². The summed E-state index contributed by atoms with van der Waals surface area (Å²) in [4.78, 5) is 18.2. The highest BCUT2D eigenvalue weighted by Crippen LogP contribution is 2.20. The van der Waals surface area contributed by atoms with Gasteiger partial charge in [-0.2, -0.15) is 0 Å². The summed E-state index contributed by atoms with van der Waals surface area (Å²) in [6.07, 6.45) is 4.13. The Morgan fingerprint density at radius 3 is 2.69 bits per heavy atom. The average Bonchev–Trinajstić information content (AvgIpc) is 3.12. The number of aliphatic hydroxyl groups is 1. The molecule has 0 radical (unpaired) electrons. The standard InChI is InChI=1S/C19H25N3O6S/c1-2-3-4-16-15(17(12-23)28-21-16)13-27-18-6-5-14(11-20-18)19(24)22-7-9-29(25,26)10-8-22/h5-6,11,23H,2-4,7-10,12-13H2,1H3. The first-order valence-electron chi connectivity index (χ1n) is 9.59. The van der Waals surface area contributed by atoms with Crippen LogP contribution in [0, 0.1) is 0 Å². The maximum absolute atomic E-state index is 12.5. The number of hydrogen-bond acceptors (Lipinski definition) is 8. The molecule has 2 aromatic rings. The molecule has 2 aromatic heterocycles. The molecule has 0 unspecified atom stereocenters. The Kier molecular flexibility index (Phi) is 6.86. The zero-order chi connectivity index (χ0) is 20.9. The van der Waals surface area contributed by atoms with E-state index < -0.39 is 9.84 Å². The molecule has 9 nitrogen and oxygen atoms in total. The second kappa shape index (κ2) is 9.36. The van der Waals surface area contributed by atoms with Crippen molar-refractivity contribution in [2.45, 2.75) is 39.4 Å². The normalized spacial score (nSPS) is 16.0. The summed E-state index contributed by atoms with van der Waals surface area (Å²) < 4.78 is 33.9. The van der Waals surface area contributed by atoms with Gasteiger partial charge in [0.15, 0.2) is 15.6 Å². The SMILES string of the molecule is CCCCc1noc(CO)c1COc1ccc(C(=O)N2CCS(=O)(=O)CC2)cn1. The van der Waals surface area contributed by atoms with Gasteiger partial charge in [0, 0.05) is 25.4 Å². The maximum Gasteiger partial charge on any atom is 0.255 e. The van der Waals surface area contributed by atoms with Crippen LogP contribution in [-0.4, -0.2) is 59.1 Å². The van der Waals surface area contributed by atoms with Crippen LogP contribution in [0.5, 0.6) is 5.88 Å². The van der Waals surface area contributed by atoms with Gasteiger partial charge in [0.2, 0.25) is 5.88 Å². The van der Waals surface area contributed by atoms with Crippen molar-refractivity contribution in [3.63, 3.8) is 0 Å². The van der Waals surface area contributed by atoms with E-state index in [4.69, 9.17) is 9.26 Å². The molecule has 1 N–H and O–H groups in total. The van der Waals surface area contributed by atoms with Crippen LogP contribution in [0.3, 0.4) is 0 Å². The van der Waals surface area contributed by atoms with Gasteiger partial charge >= 0.3 is 0 Å². The summed E-state index contributed by atoms with van der Waals surface area (Å²) in [5.74, 6) is 0.430. The molecule has 1 saturated heterocycles. The number of pyridine rings is 1. The lowest BCUT2D eigenvalue weighted by Crippen LogP contribution is -2.43. The Bertz CT molecular complexity index is 925. The molecule has 1 fully saturated rings. The van der Waals surface area contributed by atoms with Gasteiger partial charge in [-0.3, -0.25) is 4.79 Å². The molecule has 1 amide bonds. The molecule has 10 heteroatoms. The number of rotatable bonds is 8. The predicted molar refractivity (Wildman–Crippen MR) is 104 cm³/mol. The molecular weight excluding hydrogens is 398 g/mol. The summed E-state index contributed by atoms with van der Waals surface area (Å²) in [6, 6.07) is 3.19. The fourth-order valence-electron chi connectivity index (χ4n) is 3.05. The molecule has 0 spiro atoms. The number of ether oxygens (including phenoxy) is 1. The molecular formula is C19H25N3O6S. The maximum atomic E-state index is 12.5. The zero-order valence-corrected chi connectivity index (χ0v) is 17.2. The van der Waals surface area contributed by atoms with Gasteiger partial charge in [-0.25, -0.2) is 13.4 Å². The lowest BCUT2D eigenvalue weighted by atomic mass is 10.1.